The average molecular weight is 240 g/mol. The number of nitrogens with zero attached hydrogens (tertiary/aromatic N) is 3. The summed E-state index contributed by atoms with van der Waals surface area (Å²) < 4.78 is 5.43. The molecule has 3 N–H and O–H groups in total. The van der Waals surface area contributed by atoms with Crippen LogP contribution in [0.25, 0.3) is 0 Å². The van der Waals surface area contributed by atoms with E-state index in [4.69, 9.17) is 15.6 Å². The summed E-state index contributed by atoms with van der Waals surface area (Å²) in [5.41, 5.74) is 6.38. The molecule has 0 atom stereocenters. The minimum atomic E-state index is 0.0580. The van der Waals surface area contributed by atoms with Crippen molar-refractivity contribution in [1.82, 2.24) is 9.97 Å². The maximum Gasteiger partial charge on any atom is 0.242 e. The minimum Gasteiger partial charge on any atom is -0.476 e. The molecule has 0 fully saturated rings. The lowest BCUT2D eigenvalue weighted by atomic mass is 10.4. The van der Waals surface area contributed by atoms with Crippen molar-refractivity contribution in [3.8, 4) is 5.88 Å². The van der Waals surface area contributed by atoms with Gasteiger partial charge in [-0.3, -0.25) is 0 Å². The van der Waals surface area contributed by atoms with Crippen LogP contribution in [0, 0.1) is 0 Å². The van der Waals surface area contributed by atoms with Crippen molar-refractivity contribution in [2.24, 2.45) is 0 Å². The van der Waals surface area contributed by atoms with Crippen molar-refractivity contribution >= 4 is 11.5 Å². The third-order valence-electron chi connectivity index (χ3n) is 2.32. The molecule has 0 unspecified atom stereocenters. The molecule has 6 heteroatoms. The summed E-state index contributed by atoms with van der Waals surface area (Å²) in [5.74, 6) is 1.02. The van der Waals surface area contributed by atoms with Crippen molar-refractivity contribution in [2.75, 3.05) is 36.9 Å². The molecule has 17 heavy (non-hydrogen) atoms. The number of nitrogen functional groups attached to an aromatic ring is 1. The molecule has 0 aliphatic heterocycles. The fraction of sp³-hybridized carbons (Fsp3) is 0.636. The van der Waals surface area contributed by atoms with Crippen LogP contribution in [0.15, 0.2) is 6.33 Å². The molecule has 0 spiro atoms. The van der Waals surface area contributed by atoms with Gasteiger partial charge in [-0.25, -0.2) is 4.98 Å². The molecule has 0 aliphatic carbocycles. The second kappa shape index (κ2) is 6.90. The second-order valence-corrected chi connectivity index (χ2v) is 3.57. The van der Waals surface area contributed by atoms with Crippen LogP contribution in [-0.2, 0) is 0 Å². The zero-order valence-corrected chi connectivity index (χ0v) is 10.4. The fourth-order valence-electron chi connectivity index (χ4n) is 1.47. The molecular formula is C11H20N4O2. The normalized spacial score (nSPS) is 10.3. The highest BCUT2D eigenvalue weighted by atomic mass is 16.5. The Morgan fingerprint density at radius 3 is 2.76 bits per heavy atom. The summed E-state index contributed by atoms with van der Waals surface area (Å²) >= 11 is 0. The highest BCUT2D eigenvalue weighted by Crippen LogP contribution is 2.27. The number of aliphatic hydroxyl groups is 1. The molecule has 1 aromatic rings. The molecule has 0 aliphatic rings. The van der Waals surface area contributed by atoms with E-state index in [1.165, 1.54) is 6.33 Å². The van der Waals surface area contributed by atoms with Gasteiger partial charge in [0.2, 0.25) is 5.88 Å². The number of likely N-dealkylation sites (N-methyl/N-ethyl adjacent to an activating group) is 1. The van der Waals surface area contributed by atoms with Gasteiger partial charge in [-0.05, 0) is 13.3 Å². The van der Waals surface area contributed by atoms with Gasteiger partial charge in [0, 0.05) is 13.1 Å². The monoisotopic (exact) mass is 240 g/mol. The molecule has 6 nitrogen and oxygen atoms in total. The Hall–Kier alpha value is -1.56. The first-order valence-corrected chi connectivity index (χ1v) is 5.83. The molecule has 0 radical (unpaired) electrons. The van der Waals surface area contributed by atoms with E-state index in [9.17, 15) is 0 Å². The van der Waals surface area contributed by atoms with Crippen molar-refractivity contribution in [3.05, 3.63) is 6.33 Å². The first-order chi connectivity index (χ1) is 8.24. The quantitative estimate of drug-likeness (QED) is 0.728. The van der Waals surface area contributed by atoms with E-state index in [1.54, 1.807) is 0 Å². The predicted molar refractivity (Wildman–Crippen MR) is 67.2 cm³/mol. The lowest BCUT2D eigenvalue weighted by molar-refractivity contribution is 0.300. The summed E-state index contributed by atoms with van der Waals surface area (Å²) in [7, 11) is 0. The van der Waals surface area contributed by atoms with Gasteiger partial charge >= 0.3 is 0 Å². The summed E-state index contributed by atoms with van der Waals surface area (Å²) in [4.78, 5) is 10.0. The molecule has 1 rings (SSSR count). The Labute approximate surface area is 101 Å². The summed E-state index contributed by atoms with van der Waals surface area (Å²) in [6, 6.07) is 0. The Morgan fingerprint density at radius 2 is 2.18 bits per heavy atom. The molecule has 0 bridgehead atoms. The SMILES string of the molecule is CCCOc1ncnc(N(CC)CCO)c1N. The van der Waals surface area contributed by atoms with Crippen molar-refractivity contribution in [3.63, 3.8) is 0 Å². The Morgan fingerprint density at radius 1 is 1.41 bits per heavy atom. The third kappa shape index (κ3) is 3.45. The van der Waals surface area contributed by atoms with Crippen LogP contribution in [-0.4, -0.2) is 41.4 Å². The molecule has 0 saturated carbocycles. The van der Waals surface area contributed by atoms with Crippen molar-refractivity contribution in [2.45, 2.75) is 20.3 Å². The van der Waals surface area contributed by atoms with Crippen LogP contribution in [0.3, 0.4) is 0 Å². The van der Waals surface area contributed by atoms with Crippen LogP contribution in [0.1, 0.15) is 20.3 Å². The van der Waals surface area contributed by atoms with Crippen LogP contribution < -0.4 is 15.4 Å². The molecule has 96 valence electrons. The molecule has 0 saturated heterocycles. The molecular weight excluding hydrogens is 220 g/mol. The van der Waals surface area contributed by atoms with Gasteiger partial charge in [0.1, 0.15) is 12.0 Å². The van der Waals surface area contributed by atoms with E-state index in [-0.39, 0.29) is 6.61 Å². The Kier molecular flexibility index (Phi) is 5.48. The smallest absolute Gasteiger partial charge is 0.242 e. The van der Waals surface area contributed by atoms with E-state index >= 15 is 0 Å². The maximum absolute atomic E-state index is 8.97. The molecule has 1 aromatic heterocycles. The van der Waals surface area contributed by atoms with Crippen molar-refractivity contribution < 1.29 is 9.84 Å². The van der Waals surface area contributed by atoms with Crippen molar-refractivity contribution in [1.29, 1.82) is 0 Å². The fourth-order valence-corrected chi connectivity index (χ4v) is 1.47. The second-order valence-electron chi connectivity index (χ2n) is 3.57. The number of rotatable bonds is 7. The first-order valence-electron chi connectivity index (χ1n) is 5.83. The molecule has 0 aromatic carbocycles. The van der Waals surface area contributed by atoms with Gasteiger partial charge in [0.15, 0.2) is 5.82 Å². The number of ether oxygens (including phenoxy) is 1. The zero-order valence-electron chi connectivity index (χ0n) is 10.4. The zero-order chi connectivity index (χ0) is 12.7. The standard InChI is InChI=1S/C11H20N4O2/c1-3-7-17-11-9(12)10(13-8-14-11)15(4-2)5-6-16/h8,16H,3-7,12H2,1-2H3. The van der Waals surface area contributed by atoms with E-state index in [0.717, 1.165) is 13.0 Å². The molecule has 0 amide bonds. The number of aliphatic hydroxyl groups excluding tert-OH is 1. The van der Waals surface area contributed by atoms with Crippen LogP contribution in [0.4, 0.5) is 11.5 Å². The average Bonchev–Trinajstić information content (AvgIpc) is 2.35. The van der Waals surface area contributed by atoms with Crippen LogP contribution in [0.2, 0.25) is 0 Å². The maximum atomic E-state index is 8.97. The van der Waals surface area contributed by atoms with Crippen LogP contribution >= 0.6 is 0 Å². The highest BCUT2D eigenvalue weighted by Gasteiger charge is 2.14. The highest BCUT2D eigenvalue weighted by molar-refractivity contribution is 5.67. The van der Waals surface area contributed by atoms with E-state index in [0.29, 0.717) is 30.5 Å². The van der Waals surface area contributed by atoms with E-state index in [1.807, 2.05) is 18.7 Å². The summed E-state index contributed by atoms with van der Waals surface area (Å²) in [6.07, 6.45) is 2.32. The number of nitrogens with two attached hydrogens (primary N) is 1. The number of anilines is 2. The third-order valence-corrected chi connectivity index (χ3v) is 2.32. The summed E-state index contributed by atoms with van der Waals surface area (Å²) in [6.45, 7) is 5.83. The predicted octanol–water partition coefficient (Wildman–Crippen LogP) is 0.666. The van der Waals surface area contributed by atoms with Gasteiger partial charge in [0.05, 0.1) is 13.2 Å². The lowest BCUT2D eigenvalue weighted by Crippen LogP contribution is -2.28. The van der Waals surface area contributed by atoms with Gasteiger partial charge in [-0.15, -0.1) is 0 Å². The topological polar surface area (TPSA) is 84.5 Å². The lowest BCUT2D eigenvalue weighted by Gasteiger charge is -2.22. The van der Waals surface area contributed by atoms with E-state index in [2.05, 4.69) is 9.97 Å². The Bertz CT molecular complexity index is 346. The van der Waals surface area contributed by atoms with Gasteiger partial charge in [-0.1, -0.05) is 6.92 Å². The van der Waals surface area contributed by atoms with Gasteiger partial charge in [-0.2, -0.15) is 4.98 Å². The van der Waals surface area contributed by atoms with Gasteiger partial charge < -0.3 is 20.5 Å². The molecule has 1 heterocycles. The number of aromatic nitrogens is 2. The minimum absolute atomic E-state index is 0.0580. The first kappa shape index (κ1) is 13.5. The largest absolute Gasteiger partial charge is 0.476 e. The number of hydrogen-bond donors (Lipinski definition) is 2. The number of hydrogen-bond acceptors (Lipinski definition) is 6. The van der Waals surface area contributed by atoms with Gasteiger partial charge in [0.25, 0.3) is 0 Å². The van der Waals surface area contributed by atoms with Crippen LogP contribution in [0.5, 0.6) is 5.88 Å². The Balaban J connectivity index is 2.91. The van der Waals surface area contributed by atoms with E-state index < -0.39 is 0 Å². The summed E-state index contributed by atoms with van der Waals surface area (Å²) in [5, 5.41) is 8.97.